The first-order valence-corrected chi connectivity index (χ1v) is 9.63. The Bertz CT molecular complexity index is 732. The molecule has 1 aliphatic carbocycles. The smallest absolute Gasteiger partial charge is 0.338 e. The van der Waals surface area contributed by atoms with Gasteiger partial charge < -0.3 is 20.1 Å². The molecule has 140 valence electrons. The molecule has 3 rings (SSSR count). The largest absolute Gasteiger partial charge is 0.494 e. The number of esters is 1. The first-order chi connectivity index (χ1) is 12.5. The molecule has 0 aromatic heterocycles. The summed E-state index contributed by atoms with van der Waals surface area (Å²) in [6, 6.07) is 7.32. The summed E-state index contributed by atoms with van der Waals surface area (Å²) in [5, 5.41) is 6.76. The van der Waals surface area contributed by atoms with Crippen LogP contribution >= 0.6 is 12.2 Å². The van der Waals surface area contributed by atoms with E-state index in [1.807, 2.05) is 38.1 Å². The maximum absolute atomic E-state index is 13.0. The van der Waals surface area contributed by atoms with E-state index in [0.717, 1.165) is 36.3 Å². The van der Waals surface area contributed by atoms with E-state index in [1.54, 1.807) is 0 Å². The van der Waals surface area contributed by atoms with Gasteiger partial charge in [0, 0.05) is 11.3 Å². The van der Waals surface area contributed by atoms with Crippen molar-refractivity contribution in [3.8, 4) is 5.75 Å². The molecule has 26 heavy (non-hydrogen) atoms. The summed E-state index contributed by atoms with van der Waals surface area (Å²) in [5.74, 6) is 0.851. The van der Waals surface area contributed by atoms with E-state index >= 15 is 0 Å². The number of rotatable bonds is 5. The lowest BCUT2D eigenvalue weighted by Gasteiger charge is -2.31. The molecule has 1 aliphatic heterocycles. The summed E-state index contributed by atoms with van der Waals surface area (Å²) < 4.78 is 11.6. The lowest BCUT2D eigenvalue weighted by molar-refractivity contribution is -0.146. The van der Waals surface area contributed by atoms with Crippen LogP contribution in [-0.2, 0) is 9.53 Å². The fourth-order valence-electron chi connectivity index (χ4n) is 3.69. The lowest BCUT2D eigenvalue weighted by Crippen LogP contribution is -2.45. The molecule has 0 amide bonds. The Kier molecular flexibility index (Phi) is 5.81. The number of hydrogen-bond acceptors (Lipinski definition) is 4. The average Bonchev–Trinajstić information content (AvgIpc) is 2.99. The van der Waals surface area contributed by atoms with Crippen molar-refractivity contribution in [2.45, 2.75) is 52.2 Å². The predicted octanol–water partition coefficient (Wildman–Crippen LogP) is 3.61. The number of carbonyl (C=O) groups is 1. The van der Waals surface area contributed by atoms with Gasteiger partial charge in [0.2, 0.25) is 0 Å². The average molecular weight is 375 g/mol. The van der Waals surface area contributed by atoms with E-state index in [1.165, 1.54) is 0 Å². The zero-order valence-electron chi connectivity index (χ0n) is 15.5. The molecule has 1 fully saturated rings. The van der Waals surface area contributed by atoms with Gasteiger partial charge in [-0.05, 0) is 57.3 Å². The molecule has 1 saturated carbocycles. The van der Waals surface area contributed by atoms with Crippen LogP contribution in [0.3, 0.4) is 0 Å². The molecule has 1 aromatic carbocycles. The van der Waals surface area contributed by atoms with Crippen LogP contribution in [0.1, 0.15) is 51.6 Å². The minimum atomic E-state index is -0.393. The zero-order valence-corrected chi connectivity index (χ0v) is 16.3. The molecule has 0 radical (unpaired) electrons. The van der Waals surface area contributed by atoms with Gasteiger partial charge in [0.1, 0.15) is 11.9 Å². The third-order valence-corrected chi connectivity index (χ3v) is 5.28. The zero-order chi connectivity index (χ0) is 18.7. The summed E-state index contributed by atoms with van der Waals surface area (Å²) in [5.41, 5.74) is 2.16. The molecule has 2 aliphatic rings. The Morgan fingerprint density at radius 3 is 2.77 bits per heavy atom. The van der Waals surface area contributed by atoms with E-state index in [0.29, 0.717) is 23.2 Å². The Morgan fingerprint density at radius 1 is 1.31 bits per heavy atom. The van der Waals surface area contributed by atoms with Gasteiger partial charge in [-0.25, -0.2) is 4.79 Å². The number of nitrogens with one attached hydrogen (secondary N) is 2. The second kappa shape index (κ2) is 8.08. The minimum absolute atomic E-state index is 0.0144. The molecule has 5 nitrogen and oxygen atoms in total. The van der Waals surface area contributed by atoms with E-state index in [4.69, 9.17) is 21.7 Å². The molecule has 0 saturated heterocycles. The van der Waals surface area contributed by atoms with E-state index < -0.39 is 6.04 Å². The van der Waals surface area contributed by atoms with Crippen molar-refractivity contribution in [2.75, 3.05) is 6.61 Å². The molecular formula is C20H26N2O3S. The van der Waals surface area contributed by atoms with Gasteiger partial charge in [-0.2, -0.15) is 0 Å². The van der Waals surface area contributed by atoms with Gasteiger partial charge in [-0.15, -0.1) is 0 Å². The number of allylic oxidation sites excluding steroid dienone is 1. The van der Waals surface area contributed by atoms with E-state index in [9.17, 15) is 4.79 Å². The SMILES string of the molecule is CCOc1ccccc1C1NC(=S)NC(C)=C1C(=O)OC1CCCC1C. The second-order valence-corrected chi connectivity index (χ2v) is 7.30. The summed E-state index contributed by atoms with van der Waals surface area (Å²) >= 11 is 5.32. The monoisotopic (exact) mass is 374 g/mol. The van der Waals surface area contributed by atoms with Gasteiger partial charge in [-0.1, -0.05) is 25.1 Å². The number of para-hydroxylation sites is 1. The van der Waals surface area contributed by atoms with Gasteiger partial charge in [0.15, 0.2) is 5.11 Å². The van der Waals surface area contributed by atoms with Crippen LogP contribution in [0.2, 0.25) is 0 Å². The molecule has 3 unspecified atom stereocenters. The maximum atomic E-state index is 13.0. The van der Waals surface area contributed by atoms with Crippen molar-refractivity contribution >= 4 is 23.3 Å². The van der Waals surface area contributed by atoms with Gasteiger partial charge in [0.25, 0.3) is 0 Å². The van der Waals surface area contributed by atoms with Crippen LogP contribution in [0.15, 0.2) is 35.5 Å². The molecule has 2 N–H and O–H groups in total. The van der Waals surface area contributed by atoms with Gasteiger partial charge >= 0.3 is 5.97 Å². The number of carbonyl (C=O) groups excluding carboxylic acids is 1. The van der Waals surface area contributed by atoms with Crippen molar-refractivity contribution in [3.05, 3.63) is 41.1 Å². The highest BCUT2D eigenvalue weighted by Crippen LogP contribution is 2.35. The van der Waals surface area contributed by atoms with Crippen LogP contribution in [0.5, 0.6) is 5.75 Å². The summed E-state index contributed by atoms with van der Waals surface area (Å²) in [6.45, 7) is 6.49. The van der Waals surface area contributed by atoms with Crippen molar-refractivity contribution < 1.29 is 14.3 Å². The second-order valence-electron chi connectivity index (χ2n) is 6.89. The van der Waals surface area contributed by atoms with Gasteiger partial charge in [-0.3, -0.25) is 0 Å². The normalized spacial score (nSPS) is 25.5. The fraction of sp³-hybridized carbons (Fsp3) is 0.500. The Labute approximate surface area is 160 Å². The summed E-state index contributed by atoms with van der Waals surface area (Å²) in [7, 11) is 0. The Hall–Kier alpha value is -2.08. The number of ether oxygens (including phenoxy) is 2. The molecule has 0 spiro atoms. The van der Waals surface area contributed by atoms with Crippen molar-refractivity contribution in [1.82, 2.24) is 10.6 Å². The molecule has 3 atom stereocenters. The van der Waals surface area contributed by atoms with Crippen LogP contribution in [0.4, 0.5) is 0 Å². The maximum Gasteiger partial charge on any atom is 0.338 e. The van der Waals surface area contributed by atoms with Crippen molar-refractivity contribution in [3.63, 3.8) is 0 Å². The fourth-order valence-corrected chi connectivity index (χ4v) is 3.96. The Balaban J connectivity index is 1.93. The quantitative estimate of drug-likeness (QED) is 0.606. The highest BCUT2D eigenvalue weighted by atomic mass is 32.1. The molecule has 0 bridgehead atoms. The number of benzene rings is 1. The number of thiocarbonyl (C=S) groups is 1. The first kappa shape index (κ1) is 18.7. The van der Waals surface area contributed by atoms with Crippen LogP contribution in [0.25, 0.3) is 0 Å². The van der Waals surface area contributed by atoms with Gasteiger partial charge in [0.05, 0.1) is 18.2 Å². The lowest BCUT2D eigenvalue weighted by atomic mass is 9.94. The standard InChI is InChI=1S/C20H26N2O3S/c1-4-24-16-10-6-5-9-14(16)18-17(13(3)21-20(26)22-18)19(23)25-15-11-7-8-12(15)2/h5-6,9-10,12,15,18H,4,7-8,11H2,1-3H3,(H2,21,22,26). The Morgan fingerprint density at radius 2 is 2.08 bits per heavy atom. The van der Waals surface area contributed by atoms with Crippen LogP contribution < -0.4 is 15.4 Å². The molecular weight excluding hydrogens is 348 g/mol. The minimum Gasteiger partial charge on any atom is -0.494 e. The predicted molar refractivity (Wildman–Crippen MR) is 105 cm³/mol. The first-order valence-electron chi connectivity index (χ1n) is 9.22. The highest BCUT2D eigenvalue weighted by molar-refractivity contribution is 7.80. The van der Waals surface area contributed by atoms with E-state index in [-0.39, 0.29) is 12.1 Å². The van der Waals surface area contributed by atoms with Crippen molar-refractivity contribution in [1.29, 1.82) is 0 Å². The summed E-state index contributed by atoms with van der Waals surface area (Å²) in [4.78, 5) is 13.0. The third-order valence-electron chi connectivity index (χ3n) is 5.06. The molecule has 1 aromatic rings. The van der Waals surface area contributed by atoms with Crippen molar-refractivity contribution in [2.24, 2.45) is 5.92 Å². The van der Waals surface area contributed by atoms with Crippen LogP contribution in [-0.4, -0.2) is 23.8 Å². The molecule has 6 heteroatoms. The molecule has 1 heterocycles. The highest BCUT2D eigenvalue weighted by Gasteiger charge is 2.35. The third kappa shape index (κ3) is 3.85. The summed E-state index contributed by atoms with van der Waals surface area (Å²) in [6.07, 6.45) is 3.12. The topological polar surface area (TPSA) is 59.6 Å². The number of hydrogen-bond donors (Lipinski definition) is 2. The van der Waals surface area contributed by atoms with Crippen LogP contribution in [0, 0.1) is 5.92 Å². The van der Waals surface area contributed by atoms with E-state index in [2.05, 4.69) is 17.6 Å².